The van der Waals surface area contributed by atoms with E-state index in [2.05, 4.69) is 5.32 Å². The Hall–Kier alpha value is -2.89. The molecule has 6 heteroatoms. The molecule has 0 bridgehead atoms. The van der Waals surface area contributed by atoms with Crippen molar-refractivity contribution < 1.29 is 19.1 Å². The fraction of sp³-hybridized carbons (Fsp3) is 0.435. The van der Waals surface area contributed by atoms with Gasteiger partial charge in [-0.2, -0.15) is 0 Å². The summed E-state index contributed by atoms with van der Waals surface area (Å²) in [5, 5.41) is 2.73. The number of ether oxygens (including phenoxy) is 1. The third-order valence-corrected chi connectivity index (χ3v) is 4.98. The van der Waals surface area contributed by atoms with E-state index in [0.29, 0.717) is 5.56 Å². The topological polar surface area (TPSA) is 77.4 Å². The summed E-state index contributed by atoms with van der Waals surface area (Å²) in [5.41, 5.74) is 3.28. The van der Waals surface area contributed by atoms with Crippen LogP contribution in [0.4, 0.5) is 0 Å². The fourth-order valence-electron chi connectivity index (χ4n) is 3.38. The number of ketones is 1. The Labute approximate surface area is 172 Å². The lowest BCUT2D eigenvalue weighted by Gasteiger charge is -2.20. The molecule has 0 saturated heterocycles. The molecule has 1 aromatic carbocycles. The Morgan fingerprint density at radius 2 is 1.76 bits per heavy atom. The van der Waals surface area contributed by atoms with E-state index in [9.17, 15) is 14.4 Å². The van der Waals surface area contributed by atoms with Crippen LogP contribution in [0.2, 0.25) is 0 Å². The molecule has 0 saturated carbocycles. The minimum absolute atomic E-state index is 0.164. The van der Waals surface area contributed by atoms with Gasteiger partial charge in [0.15, 0.2) is 6.61 Å². The highest BCUT2D eigenvalue weighted by atomic mass is 16.5. The number of hydrogen-bond donors (Lipinski definition) is 1. The predicted octanol–water partition coefficient (Wildman–Crippen LogP) is 3.23. The lowest BCUT2D eigenvalue weighted by Crippen LogP contribution is -2.46. The normalized spacial score (nSPS) is 11.9. The van der Waals surface area contributed by atoms with Gasteiger partial charge in [0.25, 0.3) is 0 Å². The third-order valence-electron chi connectivity index (χ3n) is 4.98. The van der Waals surface area contributed by atoms with Crippen molar-refractivity contribution in [1.29, 1.82) is 0 Å². The largest absolute Gasteiger partial charge is 0.456 e. The van der Waals surface area contributed by atoms with E-state index in [1.807, 2.05) is 75.6 Å². The van der Waals surface area contributed by atoms with Gasteiger partial charge in [-0.3, -0.25) is 9.59 Å². The monoisotopic (exact) mass is 398 g/mol. The molecular weight excluding hydrogens is 368 g/mol. The molecule has 1 unspecified atom stereocenters. The number of esters is 1. The molecule has 0 aliphatic heterocycles. The molecule has 156 valence electrons. The van der Waals surface area contributed by atoms with Crippen molar-refractivity contribution in [3.8, 4) is 0 Å². The molecule has 0 fully saturated rings. The average Bonchev–Trinajstić information content (AvgIpc) is 2.98. The van der Waals surface area contributed by atoms with Crippen LogP contribution in [0.25, 0.3) is 0 Å². The van der Waals surface area contributed by atoms with E-state index in [4.69, 9.17) is 4.74 Å². The number of amides is 1. The van der Waals surface area contributed by atoms with Gasteiger partial charge >= 0.3 is 5.97 Å². The molecule has 2 aromatic rings. The zero-order valence-electron chi connectivity index (χ0n) is 17.8. The summed E-state index contributed by atoms with van der Waals surface area (Å²) in [6.07, 6.45) is 0.180. The molecule has 1 N–H and O–H groups in total. The van der Waals surface area contributed by atoms with Gasteiger partial charge in [0.05, 0.1) is 6.42 Å². The molecule has 0 spiro atoms. The van der Waals surface area contributed by atoms with Crippen LogP contribution in [-0.2, 0) is 27.3 Å². The van der Waals surface area contributed by atoms with Crippen molar-refractivity contribution in [3.05, 3.63) is 58.9 Å². The van der Waals surface area contributed by atoms with Crippen LogP contribution in [0, 0.1) is 19.8 Å². The summed E-state index contributed by atoms with van der Waals surface area (Å²) in [4.78, 5) is 37.4. The van der Waals surface area contributed by atoms with E-state index in [1.54, 1.807) is 0 Å². The number of nitrogens with one attached hydrogen (secondary N) is 1. The van der Waals surface area contributed by atoms with Crippen molar-refractivity contribution in [2.24, 2.45) is 5.92 Å². The molecule has 29 heavy (non-hydrogen) atoms. The van der Waals surface area contributed by atoms with Gasteiger partial charge < -0.3 is 14.6 Å². The van der Waals surface area contributed by atoms with Crippen LogP contribution in [0.3, 0.4) is 0 Å². The molecule has 1 atom stereocenters. The zero-order valence-corrected chi connectivity index (χ0v) is 17.8. The van der Waals surface area contributed by atoms with Crippen molar-refractivity contribution in [2.75, 3.05) is 6.61 Å². The second-order valence-electron chi connectivity index (χ2n) is 7.51. The predicted molar refractivity (Wildman–Crippen MR) is 112 cm³/mol. The molecule has 0 aliphatic carbocycles. The standard InChI is InChI=1S/C23H30N2O4/c1-6-25-16(4)12-19(17(25)5)20(26)14-29-23(28)22(15(2)3)24-21(27)13-18-10-8-7-9-11-18/h7-12,15,22H,6,13-14H2,1-5H3,(H,24,27). The minimum atomic E-state index is -0.804. The number of carbonyl (C=O) groups excluding carboxylic acids is 3. The first kappa shape index (κ1) is 22.4. The number of rotatable bonds is 9. The first-order valence-electron chi connectivity index (χ1n) is 9.94. The molecular formula is C23H30N2O4. The summed E-state index contributed by atoms with van der Waals surface area (Å²) < 4.78 is 7.30. The fourth-order valence-corrected chi connectivity index (χ4v) is 3.38. The van der Waals surface area contributed by atoms with Gasteiger partial charge in [-0.25, -0.2) is 4.79 Å². The van der Waals surface area contributed by atoms with Gasteiger partial charge in [-0.1, -0.05) is 44.2 Å². The zero-order chi connectivity index (χ0) is 21.6. The lowest BCUT2D eigenvalue weighted by atomic mass is 10.0. The highest BCUT2D eigenvalue weighted by molar-refractivity contribution is 5.99. The second kappa shape index (κ2) is 10.0. The Morgan fingerprint density at radius 1 is 1.10 bits per heavy atom. The molecule has 0 aliphatic rings. The van der Waals surface area contributed by atoms with E-state index in [0.717, 1.165) is 23.5 Å². The first-order chi connectivity index (χ1) is 13.7. The van der Waals surface area contributed by atoms with Crippen LogP contribution >= 0.6 is 0 Å². The highest BCUT2D eigenvalue weighted by Crippen LogP contribution is 2.16. The third kappa shape index (κ3) is 5.79. The van der Waals surface area contributed by atoms with Gasteiger partial charge in [0.2, 0.25) is 11.7 Å². The number of hydrogen-bond acceptors (Lipinski definition) is 4. The number of benzene rings is 1. The van der Waals surface area contributed by atoms with Crippen LogP contribution in [0.1, 0.15) is 48.1 Å². The number of Topliss-reactive ketones (excluding diaryl/α,β-unsaturated/α-hetero) is 1. The maximum absolute atomic E-state index is 12.5. The molecule has 1 aromatic heterocycles. The molecule has 2 rings (SSSR count). The molecule has 1 heterocycles. The summed E-state index contributed by atoms with van der Waals surface area (Å²) in [6, 6.07) is 10.3. The Morgan fingerprint density at radius 3 is 2.31 bits per heavy atom. The van der Waals surface area contributed by atoms with Gasteiger partial charge in [0.1, 0.15) is 6.04 Å². The Kier molecular flexibility index (Phi) is 7.76. The maximum atomic E-state index is 12.5. The molecule has 6 nitrogen and oxygen atoms in total. The Balaban J connectivity index is 1.97. The maximum Gasteiger partial charge on any atom is 0.329 e. The highest BCUT2D eigenvalue weighted by Gasteiger charge is 2.27. The lowest BCUT2D eigenvalue weighted by molar-refractivity contribution is -0.148. The van der Waals surface area contributed by atoms with Crippen molar-refractivity contribution in [3.63, 3.8) is 0 Å². The minimum Gasteiger partial charge on any atom is -0.456 e. The van der Waals surface area contributed by atoms with Crippen LogP contribution in [0.15, 0.2) is 36.4 Å². The van der Waals surface area contributed by atoms with E-state index in [-0.39, 0.29) is 30.6 Å². The SMILES string of the molecule is CCn1c(C)cc(C(=O)COC(=O)C(NC(=O)Cc2ccccc2)C(C)C)c1C. The van der Waals surface area contributed by atoms with Crippen molar-refractivity contribution in [1.82, 2.24) is 9.88 Å². The van der Waals surface area contributed by atoms with Crippen LogP contribution in [-0.4, -0.2) is 34.9 Å². The Bertz CT molecular complexity index is 869. The second-order valence-corrected chi connectivity index (χ2v) is 7.51. The van der Waals surface area contributed by atoms with Crippen LogP contribution < -0.4 is 5.32 Å². The number of nitrogens with zero attached hydrogens (tertiary/aromatic N) is 1. The summed E-state index contributed by atoms with van der Waals surface area (Å²) in [5.74, 6) is -1.27. The van der Waals surface area contributed by atoms with Gasteiger partial charge in [-0.15, -0.1) is 0 Å². The van der Waals surface area contributed by atoms with Gasteiger partial charge in [-0.05, 0) is 38.3 Å². The number of aryl methyl sites for hydroxylation is 1. The van der Waals surface area contributed by atoms with Crippen molar-refractivity contribution in [2.45, 2.75) is 53.6 Å². The summed E-state index contributed by atoms with van der Waals surface area (Å²) in [7, 11) is 0. The molecule has 0 radical (unpaired) electrons. The number of aromatic nitrogens is 1. The average molecular weight is 399 g/mol. The summed E-state index contributed by atoms with van der Waals surface area (Å²) >= 11 is 0. The first-order valence-corrected chi connectivity index (χ1v) is 9.94. The molecule has 1 amide bonds. The summed E-state index contributed by atoms with van der Waals surface area (Å²) in [6.45, 7) is 9.91. The van der Waals surface area contributed by atoms with E-state index < -0.39 is 12.0 Å². The quantitative estimate of drug-likeness (QED) is 0.520. The van der Waals surface area contributed by atoms with Gasteiger partial charge in [0, 0.05) is 23.5 Å². The van der Waals surface area contributed by atoms with Crippen molar-refractivity contribution >= 4 is 17.7 Å². The van der Waals surface area contributed by atoms with E-state index >= 15 is 0 Å². The van der Waals surface area contributed by atoms with E-state index in [1.165, 1.54) is 0 Å². The van der Waals surface area contributed by atoms with Crippen LogP contribution in [0.5, 0.6) is 0 Å². The smallest absolute Gasteiger partial charge is 0.329 e. The number of carbonyl (C=O) groups is 3.